The summed E-state index contributed by atoms with van der Waals surface area (Å²) in [5.74, 6) is -0.871. The predicted octanol–water partition coefficient (Wildman–Crippen LogP) is 4.28. The van der Waals surface area contributed by atoms with E-state index in [1.165, 1.54) is 20.3 Å². The van der Waals surface area contributed by atoms with Crippen LogP contribution in [0.4, 0.5) is 4.79 Å². The van der Waals surface area contributed by atoms with Crippen LogP contribution in [0.25, 0.3) is 6.08 Å². The summed E-state index contributed by atoms with van der Waals surface area (Å²) in [6.45, 7) is 1.60. The molecule has 0 aliphatic carbocycles. The van der Waals surface area contributed by atoms with Gasteiger partial charge in [-0.1, -0.05) is 0 Å². The molecule has 1 saturated heterocycles. The molecule has 0 aromatic heterocycles. The third kappa shape index (κ3) is 5.78. The van der Waals surface area contributed by atoms with Crippen molar-refractivity contribution in [2.75, 3.05) is 27.4 Å². The molecule has 0 bridgehead atoms. The molecule has 2 aromatic rings. The summed E-state index contributed by atoms with van der Waals surface area (Å²) in [5.41, 5.74) is 0.835. The van der Waals surface area contributed by atoms with Crippen LogP contribution in [0.1, 0.15) is 22.8 Å². The van der Waals surface area contributed by atoms with E-state index in [-0.39, 0.29) is 16.4 Å². The highest BCUT2D eigenvalue weighted by molar-refractivity contribution is 9.10. The number of ether oxygens (including phenoxy) is 4. The molecule has 9 nitrogen and oxygen atoms in total. The Labute approximate surface area is 208 Å². The van der Waals surface area contributed by atoms with Gasteiger partial charge in [0.25, 0.3) is 11.1 Å². The van der Waals surface area contributed by atoms with Gasteiger partial charge in [-0.15, -0.1) is 0 Å². The Hall–Kier alpha value is -3.31. The number of thioether (sulfide) groups is 1. The molecular formula is C23H20BrNO8S. The summed E-state index contributed by atoms with van der Waals surface area (Å²) in [4.78, 5) is 49.8. The van der Waals surface area contributed by atoms with Crippen LogP contribution in [0.5, 0.6) is 17.2 Å². The number of nitrogens with zero attached hydrogens (tertiary/aromatic N) is 1. The van der Waals surface area contributed by atoms with E-state index in [1.54, 1.807) is 43.3 Å². The largest absolute Gasteiger partial charge is 0.497 e. The van der Waals surface area contributed by atoms with Crippen molar-refractivity contribution in [3.8, 4) is 17.2 Å². The number of methoxy groups -OCH3 is 2. The highest BCUT2D eigenvalue weighted by atomic mass is 79.9. The van der Waals surface area contributed by atoms with Gasteiger partial charge in [0, 0.05) is 0 Å². The van der Waals surface area contributed by atoms with Crippen molar-refractivity contribution in [1.82, 2.24) is 4.90 Å². The minimum Gasteiger partial charge on any atom is -0.497 e. The predicted molar refractivity (Wildman–Crippen MR) is 128 cm³/mol. The average molecular weight is 550 g/mol. The van der Waals surface area contributed by atoms with Gasteiger partial charge in [0.2, 0.25) is 0 Å². The molecule has 0 atom stereocenters. The highest BCUT2D eigenvalue weighted by Gasteiger charge is 2.36. The van der Waals surface area contributed by atoms with Crippen LogP contribution in [-0.4, -0.2) is 55.4 Å². The van der Waals surface area contributed by atoms with Crippen molar-refractivity contribution in [3.63, 3.8) is 0 Å². The summed E-state index contributed by atoms with van der Waals surface area (Å²) in [5, 5.41) is -0.573. The van der Waals surface area contributed by atoms with Gasteiger partial charge in [-0.3, -0.25) is 19.3 Å². The minimum absolute atomic E-state index is 0.131. The number of esters is 2. The Morgan fingerprint density at radius 1 is 1.12 bits per heavy atom. The lowest BCUT2D eigenvalue weighted by Gasteiger charge is -2.14. The summed E-state index contributed by atoms with van der Waals surface area (Å²) in [7, 11) is 2.70. The second kappa shape index (κ2) is 11.2. The number of rotatable bonds is 8. The highest BCUT2D eigenvalue weighted by Crippen LogP contribution is 2.39. The van der Waals surface area contributed by atoms with Gasteiger partial charge in [-0.2, -0.15) is 0 Å². The lowest BCUT2D eigenvalue weighted by Crippen LogP contribution is -2.34. The van der Waals surface area contributed by atoms with E-state index in [4.69, 9.17) is 14.2 Å². The van der Waals surface area contributed by atoms with Gasteiger partial charge in [-0.05, 0) is 82.7 Å². The van der Waals surface area contributed by atoms with E-state index >= 15 is 0 Å². The van der Waals surface area contributed by atoms with Gasteiger partial charge in [0.1, 0.15) is 12.3 Å². The zero-order chi connectivity index (χ0) is 24.8. The van der Waals surface area contributed by atoms with E-state index in [1.807, 2.05) is 0 Å². The first kappa shape index (κ1) is 25.3. The van der Waals surface area contributed by atoms with Crippen LogP contribution in [0, 0.1) is 0 Å². The molecule has 0 saturated carbocycles. The smallest absolute Gasteiger partial charge is 0.343 e. The van der Waals surface area contributed by atoms with Gasteiger partial charge in [0.15, 0.2) is 11.5 Å². The molecule has 0 spiro atoms. The molecule has 178 valence electrons. The van der Waals surface area contributed by atoms with Crippen LogP contribution >= 0.6 is 27.7 Å². The molecule has 11 heteroatoms. The quantitative estimate of drug-likeness (QED) is 0.270. The number of hydrogen-bond acceptors (Lipinski definition) is 9. The van der Waals surface area contributed by atoms with Crippen molar-refractivity contribution in [1.29, 1.82) is 0 Å². The molecule has 0 N–H and O–H groups in total. The number of carbonyl (C=O) groups excluding carboxylic acids is 4. The molecule has 1 fully saturated rings. The Morgan fingerprint density at radius 2 is 1.82 bits per heavy atom. The van der Waals surface area contributed by atoms with Gasteiger partial charge < -0.3 is 18.9 Å². The van der Waals surface area contributed by atoms with Crippen LogP contribution in [0.2, 0.25) is 0 Å². The fraction of sp³-hybridized carbons (Fsp3) is 0.217. The number of hydrogen-bond donors (Lipinski definition) is 0. The Kier molecular flexibility index (Phi) is 8.35. The number of halogens is 1. The van der Waals surface area contributed by atoms with E-state index < -0.39 is 29.6 Å². The SMILES string of the molecule is CCOc1cc(/C=C2\SC(=O)N(CC(=O)OC)C2=O)cc(Br)c1OC(=O)c1ccc(OC)cc1. The lowest BCUT2D eigenvalue weighted by atomic mass is 10.1. The summed E-state index contributed by atoms with van der Waals surface area (Å²) in [6, 6.07) is 9.64. The van der Waals surface area contributed by atoms with E-state index in [2.05, 4.69) is 20.7 Å². The van der Waals surface area contributed by atoms with Gasteiger partial charge in [0.05, 0.1) is 35.8 Å². The molecular weight excluding hydrogens is 530 g/mol. The second-order valence-corrected chi connectivity index (χ2v) is 8.57. The molecule has 0 radical (unpaired) electrons. The average Bonchev–Trinajstić information content (AvgIpc) is 3.08. The molecule has 2 aromatic carbocycles. The first-order valence-electron chi connectivity index (χ1n) is 9.92. The Balaban J connectivity index is 1.87. The Bertz CT molecular complexity index is 1160. The molecule has 1 aliphatic heterocycles. The zero-order valence-electron chi connectivity index (χ0n) is 18.5. The van der Waals surface area contributed by atoms with Crippen LogP contribution in [0.3, 0.4) is 0 Å². The molecule has 1 aliphatic rings. The normalized spacial score (nSPS) is 14.4. The van der Waals surface area contributed by atoms with Gasteiger partial charge >= 0.3 is 11.9 Å². The third-order valence-corrected chi connectivity index (χ3v) is 6.03. The summed E-state index contributed by atoms with van der Waals surface area (Å²) >= 11 is 4.09. The fourth-order valence-electron chi connectivity index (χ4n) is 2.89. The molecule has 3 rings (SSSR count). The minimum atomic E-state index is -0.701. The van der Waals surface area contributed by atoms with Crippen molar-refractivity contribution in [3.05, 3.63) is 56.9 Å². The lowest BCUT2D eigenvalue weighted by molar-refractivity contribution is -0.143. The molecule has 34 heavy (non-hydrogen) atoms. The van der Waals surface area contributed by atoms with E-state index in [9.17, 15) is 19.2 Å². The van der Waals surface area contributed by atoms with Crippen molar-refractivity contribution in [2.24, 2.45) is 0 Å². The monoisotopic (exact) mass is 549 g/mol. The number of imide groups is 1. The second-order valence-electron chi connectivity index (χ2n) is 6.73. The maximum atomic E-state index is 12.6. The fourth-order valence-corrected chi connectivity index (χ4v) is 4.27. The molecule has 1 heterocycles. The zero-order valence-corrected chi connectivity index (χ0v) is 20.9. The van der Waals surface area contributed by atoms with Crippen molar-refractivity contribution >= 4 is 56.9 Å². The molecule has 2 amide bonds. The van der Waals surface area contributed by atoms with E-state index in [0.717, 1.165) is 4.90 Å². The third-order valence-electron chi connectivity index (χ3n) is 4.54. The van der Waals surface area contributed by atoms with Gasteiger partial charge in [-0.25, -0.2) is 4.79 Å². The first-order valence-corrected chi connectivity index (χ1v) is 11.5. The van der Waals surface area contributed by atoms with Crippen LogP contribution < -0.4 is 14.2 Å². The van der Waals surface area contributed by atoms with Crippen molar-refractivity contribution < 1.29 is 38.1 Å². The van der Waals surface area contributed by atoms with E-state index in [0.29, 0.717) is 39.7 Å². The first-order chi connectivity index (χ1) is 16.3. The summed E-state index contributed by atoms with van der Waals surface area (Å²) in [6.07, 6.45) is 1.49. The Morgan fingerprint density at radius 3 is 2.44 bits per heavy atom. The number of benzene rings is 2. The van der Waals surface area contributed by atoms with Crippen LogP contribution in [0.15, 0.2) is 45.8 Å². The molecule has 0 unspecified atom stereocenters. The maximum absolute atomic E-state index is 12.6. The van der Waals surface area contributed by atoms with Crippen LogP contribution in [-0.2, 0) is 14.3 Å². The number of carbonyl (C=O) groups is 4. The standard InChI is InChI=1S/C23H20BrNO8S/c1-4-32-17-10-13(11-18-21(27)25(23(29)34-18)12-19(26)31-3)9-16(24)20(17)33-22(28)14-5-7-15(30-2)8-6-14/h5-11H,4,12H2,1-3H3/b18-11-. The summed E-state index contributed by atoms with van der Waals surface area (Å²) < 4.78 is 21.2. The van der Waals surface area contributed by atoms with Crippen molar-refractivity contribution in [2.45, 2.75) is 6.92 Å². The number of amides is 2. The topological polar surface area (TPSA) is 108 Å². The maximum Gasteiger partial charge on any atom is 0.343 e.